The zero-order chi connectivity index (χ0) is 30.9. The lowest BCUT2D eigenvalue weighted by molar-refractivity contribution is 0.218. The molecule has 0 aliphatic heterocycles. The van der Waals surface area contributed by atoms with Crippen LogP contribution in [0.5, 0.6) is 0 Å². The van der Waals surface area contributed by atoms with E-state index in [1.54, 1.807) is 4.68 Å². The van der Waals surface area contributed by atoms with Crippen LogP contribution in [0.4, 0.5) is 0 Å². The van der Waals surface area contributed by atoms with Gasteiger partial charge in [-0.2, -0.15) is 0 Å². The first-order valence-electron chi connectivity index (χ1n) is 15.3. The molecule has 2 aromatic carbocycles. The molecule has 0 unspecified atom stereocenters. The number of hydrogen-bond donors (Lipinski definition) is 1. The van der Waals surface area contributed by atoms with Gasteiger partial charge in [0.2, 0.25) is 0 Å². The van der Waals surface area contributed by atoms with Gasteiger partial charge in [-0.3, -0.25) is 19.4 Å². The molecule has 6 nitrogen and oxygen atoms in total. The SMILES string of the molecule is C.C.CC1(C)[C@@H]2CC[C@@]1(C)c1[nH]n(-c3cccc(I)c3)c(=O)c12.Cn1c2c(c(=O)n1-c1cccc(I)c1)[C@H]1CC[C@]2(C)C1(C)C. The highest BCUT2D eigenvalue weighted by Crippen LogP contribution is 2.67. The molecule has 8 heteroatoms. The minimum Gasteiger partial charge on any atom is -0.294 e. The van der Waals surface area contributed by atoms with Gasteiger partial charge in [0.25, 0.3) is 11.1 Å². The van der Waals surface area contributed by atoms with E-state index in [1.165, 1.54) is 24.2 Å². The summed E-state index contributed by atoms with van der Waals surface area (Å²) in [6, 6.07) is 16.2. The first-order valence-corrected chi connectivity index (χ1v) is 17.5. The van der Waals surface area contributed by atoms with Crippen molar-refractivity contribution in [1.82, 2.24) is 19.1 Å². The number of rotatable bonds is 2. The maximum absolute atomic E-state index is 13.2. The quantitative estimate of drug-likeness (QED) is 0.205. The molecule has 4 atom stereocenters. The molecule has 2 saturated carbocycles. The number of benzene rings is 2. The second-order valence-electron chi connectivity index (χ2n) is 14.7. The first kappa shape index (κ1) is 34.3. The molecular formula is C37H48I2N4O2. The van der Waals surface area contributed by atoms with E-state index >= 15 is 0 Å². The average molecular weight is 835 g/mol. The van der Waals surface area contributed by atoms with Gasteiger partial charge in [0.05, 0.1) is 17.1 Å². The number of hydrogen-bond acceptors (Lipinski definition) is 2. The fourth-order valence-corrected chi connectivity index (χ4v) is 10.4. The second-order valence-corrected chi connectivity index (χ2v) is 17.2. The third-order valence-electron chi connectivity index (χ3n) is 12.6. The largest absolute Gasteiger partial charge is 0.294 e. The molecule has 1 N–H and O–H groups in total. The van der Waals surface area contributed by atoms with Crippen molar-refractivity contribution < 1.29 is 0 Å². The van der Waals surface area contributed by atoms with E-state index in [0.29, 0.717) is 11.8 Å². The number of fused-ring (bicyclic) bond motifs is 10. The number of nitrogens with zero attached hydrogens (tertiary/aromatic N) is 3. The number of aromatic nitrogens is 4. The third-order valence-corrected chi connectivity index (χ3v) is 13.9. The molecule has 2 fully saturated rings. The Hall–Kier alpha value is -2.08. The predicted molar refractivity (Wildman–Crippen MR) is 203 cm³/mol. The first-order chi connectivity index (χ1) is 20.1. The van der Waals surface area contributed by atoms with Crippen LogP contribution in [0.2, 0.25) is 0 Å². The summed E-state index contributed by atoms with van der Waals surface area (Å²) in [6.07, 6.45) is 4.63. The van der Waals surface area contributed by atoms with Crippen molar-refractivity contribution in [3.8, 4) is 11.4 Å². The van der Waals surface area contributed by atoms with Gasteiger partial charge in [-0.25, -0.2) is 9.36 Å². The van der Waals surface area contributed by atoms with Crippen molar-refractivity contribution in [3.05, 3.63) is 98.9 Å². The lowest BCUT2D eigenvalue weighted by Gasteiger charge is -2.36. The van der Waals surface area contributed by atoms with Gasteiger partial charge in [-0.05, 0) is 130 Å². The van der Waals surface area contributed by atoms with Gasteiger partial charge in [0.1, 0.15) is 0 Å². The van der Waals surface area contributed by atoms with Crippen molar-refractivity contribution in [1.29, 1.82) is 0 Å². The molecule has 242 valence electrons. The van der Waals surface area contributed by atoms with Crippen molar-refractivity contribution in [2.45, 2.75) is 105 Å². The molecule has 4 aliphatic carbocycles. The molecule has 4 bridgehead atoms. The average Bonchev–Trinajstić information content (AvgIpc) is 3.65. The van der Waals surface area contributed by atoms with Crippen LogP contribution >= 0.6 is 45.2 Å². The molecular weight excluding hydrogens is 786 g/mol. The van der Waals surface area contributed by atoms with Crippen LogP contribution in [0.1, 0.15) is 116 Å². The zero-order valence-corrected chi connectivity index (χ0v) is 30.3. The molecule has 45 heavy (non-hydrogen) atoms. The van der Waals surface area contributed by atoms with Crippen LogP contribution in [0.3, 0.4) is 0 Å². The second kappa shape index (κ2) is 11.0. The molecule has 4 aromatic rings. The number of halogens is 2. The van der Waals surface area contributed by atoms with E-state index < -0.39 is 0 Å². The highest BCUT2D eigenvalue weighted by Gasteiger charge is 2.63. The Morgan fingerprint density at radius 1 is 0.733 bits per heavy atom. The van der Waals surface area contributed by atoms with Gasteiger partial charge >= 0.3 is 0 Å². The Bertz CT molecular complexity index is 1920. The summed E-state index contributed by atoms with van der Waals surface area (Å²) in [6.45, 7) is 14.0. The summed E-state index contributed by atoms with van der Waals surface area (Å²) in [4.78, 5) is 26.1. The maximum Gasteiger partial charge on any atom is 0.275 e. The lowest BCUT2D eigenvalue weighted by Crippen LogP contribution is -2.35. The molecule has 0 radical (unpaired) electrons. The third kappa shape index (κ3) is 4.35. The summed E-state index contributed by atoms with van der Waals surface area (Å²) in [5, 5.41) is 3.43. The van der Waals surface area contributed by atoms with Gasteiger partial charge < -0.3 is 0 Å². The number of nitrogens with one attached hydrogen (secondary N) is 1. The predicted octanol–water partition coefficient (Wildman–Crippen LogP) is 9.17. The summed E-state index contributed by atoms with van der Waals surface area (Å²) < 4.78 is 8.00. The van der Waals surface area contributed by atoms with E-state index in [2.05, 4.69) is 109 Å². The fraction of sp³-hybridized carbons (Fsp3) is 0.514. The van der Waals surface area contributed by atoms with Crippen molar-refractivity contribution in [2.75, 3.05) is 0 Å². The Balaban J connectivity index is 0.000000170. The van der Waals surface area contributed by atoms with Gasteiger partial charge in [-0.15, -0.1) is 0 Å². The van der Waals surface area contributed by atoms with E-state index in [1.807, 2.05) is 48.1 Å². The van der Waals surface area contributed by atoms with E-state index in [9.17, 15) is 9.59 Å². The zero-order valence-electron chi connectivity index (χ0n) is 26.0. The highest BCUT2D eigenvalue weighted by atomic mass is 127. The minimum atomic E-state index is 0. The van der Waals surface area contributed by atoms with Crippen LogP contribution in [0.15, 0.2) is 58.1 Å². The monoisotopic (exact) mass is 834 g/mol. The van der Waals surface area contributed by atoms with Gasteiger partial charge in [-0.1, -0.05) is 68.5 Å². The van der Waals surface area contributed by atoms with Crippen molar-refractivity contribution in [2.24, 2.45) is 17.9 Å². The fourth-order valence-electron chi connectivity index (χ4n) is 9.37. The Morgan fingerprint density at radius 2 is 1.24 bits per heavy atom. The van der Waals surface area contributed by atoms with Crippen LogP contribution < -0.4 is 11.1 Å². The molecule has 2 heterocycles. The van der Waals surface area contributed by atoms with Gasteiger partial charge in [0.15, 0.2) is 0 Å². The Kier molecular flexibility index (Phi) is 8.37. The maximum atomic E-state index is 13.2. The number of aromatic amines is 1. The van der Waals surface area contributed by atoms with Crippen LogP contribution in [0.25, 0.3) is 11.4 Å². The van der Waals surface area contributed by atoms with Gasteiger partial charge in [0, 0.05) is 41.8 Å². The van der Waals surface area contributed by atoms with Crippen LogP contribution in [-0.4, -0.2) is 19.1 Å². The molecule has 8 rings (SSSR count). The van der Waals surface area contributed by atoms with Crippen LogP contribution in [0, 0.1) is 18.0 Å². The molecule has 0 saturated heterocycles. The Morgan fingerprint density at radius 3 is 1.80 bits per heavy atom. The topological polar surface area (TPSA) is 64.7 Å². The smallest absolute Gasteiger partial charge is 0.275 e. The molecule has 2 aromatic heterocycles. The van der Waals surface area contributed by atoms with E-state index in [0.717, 1.165) is 42.5 Å². The highest BCUT2D eigenvalue weighted by molar-refractivity contribution is 14.1. The Labute approximate surface area is 295 Å². The molecule has 0 amide bonds. The summed E-state index contributed by atoms with van der Waals surface area (Å²) in [5.41, 5.74) is 7.33. The van der Waals surface area contributed by atoms with E-state index in [4.69, 9.17) is 0 Å². The van der Waals surface area contributed by atoms with E-state index in [-0.39, 0.29) is 47.6 Å². The molecule has 0 spiro atoms. The minimum absolute atomic E-state index is 0. The summed E-state index contributed by atoms with van der Waals surface area (Å²) in [7, 11) is 2.04. The van der Waals surface area contributed by atoms with Crippen molar-refractivity contribution in [3.63, 3.8) is 0 Å². The summed E-state index contributed by atoms with van der Waals surface area (Å²) >= 11 is 4.58. The molecule has 4 aliphatic rings. The standard InChI is InChI=1S/C18H21IN2O.C17H19IN2O.2CH4/c1-17(2)13-8-9-18(17,3)15-14(13)16(22)21(20(15)4)12-7-5-6-11(19)10-12;1-16(2)12-7-8-17(16,3)14-13(12)15(21)20(19-14)11-6-4-5-10(18)9-11;;/h5-7,10,13H,8-9H2,1-4H3;4-6,9,12,19H,7-8H2,1-3H3;2*1H4/t13-,18+;12-,17+;;/m11../s1. The lowest BCUT2D eigenvalue weighted by atomic mass is 9.70. The van der Waals surface area contributed by atoms with Crippen molar-refractivity contribution >= 4 is 45.2 Å². The van der Waals surface area contributed by atoms with Crippen LogP contribution in [-0.2, 0) is 17.9 Å². The normalized spacial score (nSPS) is 27.2. The summed E-state index contributed by atoms with van der Waals surface area (Å²) in [5.74, 6) is 0.792. The number of H-pyrrole nitrogens is 1.